The molecule has 0 saturated carbocycles. The van der Waals surface area contributed by atoms with Crippen LogP contribution in [0.2, 0.25) is 0 Å². The highest BCUT2D eigenvalue weighted by Gasteiger charge is 2.28. The largest absolute Gasteiger partial charge is 0.307 e. The van der Waals surface area contributed by atoms with Crippen molar-refractivity contribution in [2.75, 3.05) is 18.4 Å². The van der Waals surface area contributed by atoms with Crippen molar-refractivity contribution in [3.8, 4) is 0 Å². The summed E-state index contributed by atoms with van der Waals surface area (Å²) >= 11 is 3.28. The van der Waals surface area contributed by atoms with E-state index in [1.807, 2.05) is 0 Å². The van der Waals surface area contributed by atoms with Gasteiger partial charge < -0.3 is 5.32 Å². The number of nitrogens with one attached hydrogen (secondary N) is 1. The quantitative estimate of drug-likeness (QED) is 0.793. The molecule has 138 valence electrons. The van der Waals surface area contributed by atoms with Crippen molar-refractivity contribution in [1.82, 2.24) is 9.29 Å². The van der Waals surface area contributed by atoms with Gasteiger partial charge in [-0.2, -0.15) is 4.31 Å². The van der Waals surface area contributed by atoms with Gasteiger partial charge in [0.05, 0.1) is 4.90 Å². The highest BCUT2D eigenvalue weighted by Crippen LogP contribution is 2.23. The molecule has 2 aromatic rings. The molecule has 1 aromatic carbocycles. The molecule has 0 spiro atoms. The zero-order valence-corrected chi connectivity index (χ0v) is 16.8. The van der Waals surface area contributed by atoms with Crippen LogP contribution < -0.4 is 5.32 Å². The fraction of sp³-hybridized carbons (Fsp3) is 0.333. The summed E-state index contributed by atoms with van der Waals surface area (Å²) in [4.78, 5) is 16.6. The fourth-order valence-electron chi connectivity index (χ4n) is 2.79. The van der Waals surface area contributed by atoms with Crippen molar-refractivity contribution in [2.45, 2.75) is 24.7 Å². The number of carbonyl (C=O) groups is 1. The van der Waals surface area contributed by atoms with Crippen LogP contribution in [0.3, 0.4) is 0 Å². The maximum Gasteiger partial charge on any atom is 0.256 e. The summed E-state index contributed by atoms with van der Waals surface area (Å²) in [6, 6.07) is 9.46. The maximum atomic E-state index is 12.7. The summed E-state index contributed by atoms with van der Waals surface area (Å²) in [6.45, 7) is 3.22. The smallest absolute Gasteiger partial charge is 0.256 e. The van der Waals surface area contributed by atoms with Crippen molar-refractivity contribution in [3.63, 3.8) is 0 Å². The molecule has 0 unspecified atom stereocenters. The topological polar surface area (TPSA) is 79.4 Å². The molecule has 0 aliphatic carbocycles. The lowest BCUT2D eigenvalue weighted by atomic mass is 10.0. The van der Waals surface area contributed by atoms with E-state index < -0.39 is 10.0 Å². The van der Waals surface area contributed by atoms with Crippen LogP contribution in [0.4, 0.5) is 5.82 Å². The standard InChI is InChI=1S/C18H20BrN3O3S/c1-13-8-10-22(11-9-13)26(24,25)16-5-2-14(3-6-16)18(23)21-17-7-4-15(19)12-20-17/h2-7,12-13H,8-11H2,1H3,(H,20,21,23). The third kappa shape index (κ3) is 4.31. The normalized spacial score (nSPS) is 16.4. The summed E-state index contributed by atoms with van der Waals surface area (Å²) in [5.74, 6) is 0.646. The fourth-order valence-corrected chi connectivity index (χ4v) is 4.50. The number of anilines is 1. The van der Waals surface area contributed by atoms with E-state index in [4.69, 9.17) is 0 Å². The molecule has 0 bridgehead atoms. The number of piperidine rings is 1. The van der Waals surface area contributed by atoms with Crippen molar-refractivity contribution < 1.29 is 13.2 Å². The first-order valence-electron chi connectivity index (χ1n) is 8.39. The number of carbonyl (C=O) groups excluding carboxylic acids is 1. The predicted octanol–water partition coefficient (Wildman–Crippen LogP) is 3.52. The van der Waals surface area contributed by atoms with Gasteiger partial charge in [0.1, 0.15) is 5.82 Å². The lowest BCUT2D eigenvalue weighted by Crippen LogP contribution is -2.37. The zero-order chi connectivity index (χ0) is 18.7. The molecule has 3 rings (SSSR count). The van der Waals surface area contributed by atoms with Gasteiger partial charge in [0.15, 0.2) is 0 Å². The van der Waals surface area contributed by atoms with Crippen molar-refractivity contribution >= 4 is 37.7 Å². The van der Waals surface area contributed by atoms with E-state index in [-0.39, 0.29) is 10.8 Å². The van der Waals surface area contributed by atoms with Crippen LogP contribution in [-0.2, 0) is 10.0 Å². The average molecular weight is 438 g/mol. The molecular formula is C18H20BrN3O3S. The van der Waals surface area contributed by atoms with Crippen molar-refractivity contribution in [2.24, 2.45) is 5.92 Å². The van der Waals surface area contributed by atoms with Gasteiger partial charge in [0.25, 0.3) is 5.91 Å². The van der Waals surface area contributed by atoms with Gasteiger partial charge >= 0.3 is 0 Å². The second-order valence-corrected chi connectivity index (χ2v) is 9.28. The van der Waals surface area contributed by atoms with Crippen LogP contribution in [0.15, 0.2) is 52.0 Å². The number of hydrogen-bond acceptors (Lipinski definition) is 4. The Balaban J connectivity index is 1.71. The Labute approximate surface area is 161 Å². The minimum atomic E-state index is -3.51. The third-order valence-electron chi connectivity index (χ3n) is 4.47. The second kappa shape index (κ2) is 7.85. The molecular weight excluding hydrogens is 418 g/mol. The van der Waals surface area contributed by atoms with E-state index in [0.717, 1.165) is 17.3 Å². The summed E-state index contributed by atoms with van der Waals surface area (Å²) in [7, 11) is -3.51. The molecule has 0 atom stereocenters. The molecule has 1 fully saturated rings. The Kier molecular flexibility index (Phi) is 5.74. The van der Waals surface area contributed by atoms with Crippen LogP contribution >= 0.6 is 15.9 Å². The Hall–Kier alpha value is -1.77. The monoisotopic (exact) mass is 437 g/mol. The molecule has 1 N–H and O–H groups in total. The minimum absolute atomic E-state index is 0.213. The number of sulfonamides is 1. The summed E-state index contributed by atoms with van der Waals surface area (Å²) in [6.07, 6.45) is 3.34. The molecule has 1 amide bonds. The Bertz CT molecular complexity index is 875. The second-order valence-electron chi connectivity index (χ2n) is 6.43. The van der Waals surface area contributed by atoms with Gasteiger partial charge in [-0.15, -0.1) is 0 Å². The molecule has 26 heavy (non-hydrogen) atoms. The number of halogens is 1. The van der Waals surface area contributed by atoms with Gasteiger partial charge in [-0.3, -0.25) is 4.79 Å². The van der Waals surface area contributed by atoms with Crippen LogP contribution in [-0.4, -0.2) is 36.7 Å². The molecule has 1 aromatic heterocycles. The number of benzene rings is 1. The summed E-state index contributed by atoms with van der Waals surface area (Å²) < 4.78 is 27.8. The number of amides is 1. The average Bonchev–Trinajstić information content (AvgIpc) is 2.64. The number of rotatable bonds is 4. The Morgan fingerprint density at radius 1 is 1.15 bits per heavy atom. The van der Waals surface area contributed by atoms with Crippen molar-refractivity contribution in [1.29, 1.82) is 0 Å². The van der Waals surface area contributed by atoms with E-state index >= 15 is 0 Å². The van der Waals surface area contributed by atoms with E-state index in [1.54, 1.807) is 18.3 Å². The van der Waals surface area contributed by atoms with E-state index in [1.165, 1.54) is 28.6 Å². The first-order chi connectivity index (χ1) is 12.4. The predicted molar refractivity (Wildman–Crippen MR) is 103 cm³/mol. The zero-order valence-electron chi connectivity index (χ0n) is 14.4. The molecule has 6 nitrogen and oxygen atoms in total. The van der Waals surface area contributed by atoms with E-state index in [0.29, 0.717) is 30.4 Å². The summed E-state index contributed by atoms with van der Waals surface area (Å²) in [5.41, 5.74) is 0.376. The highest BCUT2D eigenvalue weighted by atomic mass is 79.9. The highest BCUT2D eigenvalue weighted by molar-refractivity contribution is 9.10. The van der Waals surface area contributed by atoms with Crippen LogP contribution in [0.25, 0.3) is 0 Å². The van der Waals surface area contributed by atoms with Crippen LogP contribution in [0.5, 0.6) is 0 Å². The first-order valence-corrected chi connectivity index (χ1v) is 10.6. The molecule has 2 heterocycles. The minimum Gasteiger partial charge on any atom is -0.307 e. The lowest BCUT2D eigenvalue weighted by Gasteiger charge is -2.29. The molecule has 1 aliphatic rings. The van der Waals surface area contributed by atoms with Gasteiger partial charge in [0.2, 0.25) is 10.0 Å². The first kappa shape index (κ1) is 19.0. The van der Waals surface area contributed by atoms with Gasteiger partial charge in [-0.1, -0.05) is 6.92 Å². The van der Waals surface area contributed by atoms with Gasteiger partial charge in [-0.05, 0) is 71.1 Å². The Morgan fingerprint density at radius 2 is 1.81 bits per heavy atom. The number of nitrogens with zero attached hydrogens (tertiary/aromatic N) is 2. The van der Waals surface area contributed by atoms with Gasteiger partial charge in [-0.25, -0.2) is 13.4 Å². The third-order valence-corrected chi connectivity index (χ3v) is 6.85. The summed E-state index contributed by atoms with van der Waals surface area (Å²) in [5, 5.41) is 2.68. The molecule has 1 saturated heterocycles. The number of hydrogen-bond donors (Lipinski definition) is 1. The van der Waals surface area contributed by atoms with E-state index in [9.17, 15) is 13.2 Å². The number of aromatic nitrogens is 1. The molecule has 0 radical (unpaired) electrons. The van der Waals surface area contributed by atoms with Crippen molar-refractivity contribution in [3.05, 3.63) is 52.6 Å². The maximum absolute atomic E-state index is 12.7. The van der Waals surface area contributed by atoms with E-state index in [2.05, 4.69) is 33.2 Å². The lowest BCUT2D eigenvalue weighted by molar-refractivity contribution is 0.102. The molecule has 1 aliphatic heterocycles. The SMILES string of the molecule is CC1CCN(S(=O)(=O)c2ccc(C(=O)Nc3ccc(Br)cn3)cc2)CC1. The van der Waals surface area contributed by atoms with Crippen LogP contribution in [0, 0.1) is 5.92 Å². The molecule has 8 heteroatoms. The van der Waals surface area contributed by atoms with Crippen LogP contribution in [0.1, 0.15) is 30.1 Å². The number of pyridine rings is 1. The van der Waals surface area contributed by atoms with Gasteiger partial charge in [0, 0.05) is 29.3 Å². The Morgan fingerprint density at radius 3 is 2.38 bits per heavy atom.